The van der Waals surface area contributed by atoms with E-state index in [0.717, 1.165) is 9.52 Å². The molecule has 0 aliphatic carbocycles. The zero-order valence-corrected chi connectivity index (χ0v) is 43.7. The van der Waals surface area contributed by atoms with Crippen LogP contribution in [0, 0.1) is 19.9 Å². The molecular formula is C58H61Cl2SiZr-3. The van der Waals surface area contributed by atoms with Crippen molar-refractivity contribution >= 4 is 58.5 Å². The van der Waals surface area contributed by atoms with Crippen molar-refractivity contribution in [2.45, 2.75) is 106 Å². The van der Waals surface area contributed by atoms with Crippen molar-refractivity contribution in [2.75, 3.05) is 0 Å². The van der Waals surface area contributed by atoms with Crippen LogP contribution in [0.15, 0.2) is 140 Å². The van der Waals surface area contributed by atoms with Crippen LogP contribution in [-0.4, -0.2) is 9.52 Å². The summed E-state index contributed by atoms with van der Waals surface area (Å²) in [6.07, 6.45) is 0. The molecule has 9 rings (SSSR count). The second-order valence-electron chi connectivity index (χ2n) is 19.2. The van der Waals surface area contributed by atoms with E-state index >= 15 is 0 Å². The first-order chi connectivity index (χ1) is 29.4. The van der Waals surface area contributed by atoms with Gasteiger partial charge in [-0.2, -0.15) is 41.6 Å². The first-order valence-electron chi connectivity index (χ1n) is 21.9. The van der Waals surface area contributed by atoms with Crippen LogP contribution in [0.5, 0.6) is 0 Å². The van der Waals surface area contributed by atoms with E-state index < -0.39 is 20.8 Å². The molecule has 62 heavy (non-hydrogen) atoms. The van der Waals surface area contributed by atoms with E-state index in [0.29, 0.717) is 11.8 Å². The van der Waals surface area contributed by atoms with E-state index in [2.05, 4.69) is 223 Å². The van der Waals surface area contributed by atoms with Crippen molar-refractivity contribution in [3.63, 3.8) is 0 Å². The van der Waals surface area contributed by atoms with Gasteiger partial charge in [0.15, 0.2) is 0 Å². The van der Waals surface area contributed by atoms with Crippen molar-refractivity contribution in [1.82, 2.24) is 0 Å². The maximum Gasteiger partial charge on any atom is 0.0920 e. The van der Waals surface area contributed by atoms with Crippen LogP contribution < -0.4 is 10.4 Å². The molecule has 1 aliphatic heterocycles. The molecular weight excluding hydrogens is 887 g/mol. The Morgan fingerprint density at radius 1 is 0.532 bits per heavy atom. The van der Waals surface area contributed by atoms with Crippen molar-refractivity contribution < 1.29 is 20.8 Å². The maximum atomic E-state index is 4.93. The predicted molar refractivity (Wildman–Crippen MR) is 272 cm³/mol. The van der Waals surface area contributed by atoms with Crippen LogP contribution in [0.4, 0.5) is 0 Å². The van der Waals surface area contributed by atoms with Crippen molar-refractivity contribution in [3.8, 4) is 33.4 Å². The summed E-state index contributed by atoms with van der Waals surface area (Å²) in [7, 11) is 10.7. The summed E-state index contributed by atoms with van der Waals surface area (Å²) in [5, 5.41) is 8.34. The predicted octanol–water partition coefficient (Wildman–Crippen LogP) is 16.4. The van der Waals surface area contributed by atoms with Gasteiger partial charge in [0.1, 0.15) is 0 Å². The van der Waals surface area contributed by atoms with Gasteiger partial charge in [-0.25, -0.2) is 0 Å². The molecule has 0 fully saturated rings. The molecule has 1 aliphatic rings. The zero-order chi connectivity index (χ0) is 44.9. The molecule has 0 saturated carbocycles. The molecule has 318 valence electrons. The molecule has 0 amide bonds. The van der Waals surface area contributed by atoms with Crippen molar-refractivity contribution in [3.05, 3.63) is 179 Å². The van der Waals surface area contributed by atoms with E-state index in [1.807, 2.05) is 6.07 Å². The second-order valence-corrected chi connectivity index (χ2v) is 24.2. The molecule has 0 unspecified atom stereocenters. The van der Waals surface area contributed by atoms with Crippen LogP contribution in [0.1, 0.15) is 114 Å². The molecule has 0 atom stereocenters. The van der Waals surface area contributed by atoms with Gasteiger partial charge in [-0.1, -0.05) is 175 Å². The van der Waals surface area contributed by atoms with Gasteiger partial charge < -0.3 is 0 Å². The van der Waals surface area contributed by atoms with Crippen LogP contribution in [0.3, 0.4) is 0 Å². The fraction of sp³-hybridized carbons (Fsp3) is 0.276. The average molecular weight is 948 g/mol. The van der Waals surface area contributed by atoms with Gasteiger partial charge in [-0.3, -0.25) is 0 Å². The largest absolute Gasteiger partial charge is 0.184 e. The van der Waals surface area contributed by atoms with E-state index in [4.69, 9.17) is 17.0 Å². The Morgan fingerprint density at radius 2 is 0.935 bits per heavy atom. The Morgan fingerprint density at radius 3 is 1.35 bits per heavy atom. The summed E-state index contributed by atoms with van der Waals surface area (Å²) in [4.78, 5) is 0. The average Bonchev–Trinajstić information content (AvgIpc) is 3.97. The van der Waals surface area contributed by atoms with Crippen molar-refractivity contribution in [2.24, 2.45) is 0 Å². The SMILES string of the molecule is Cc1ccccc1-c1c(C(C)(C)C)ccc2[cH-]c(C(C)C)cc12.Cc1ccccc1-c1c(C(C)(C)C)ccc2[cH-]c(C(C)C)cc12.[Cl][Zr][Cl].[c-]1cccc2c1[Si]c1ccccc1-2. The third-order valence-corrected chi connectivity index (χ3v) is 13.3. The summed E-state index contributed by atoms with van der Waals surface area (Å²) >= 11 is -0.826. The van der Waals surface area contributed by atoms with E-state index in [9.17, 15) is 0 Å². The van der Waals surface area contributed by atoms with Crippen LogP contribution in [0.25, 0.3) is 54.9 Å². The van der Waals surface area contributed by atoms with Crippen LogP contribution >= 0.6 is 17.0 Å². The number of fused-ring (bicyclic) bond motifs is 5. The second kappa shape index (κ2) is 20.4. The summed E-state index contributed by atoms with van der Waals surface area (Å²) < 4.78 is 0. The van der Waals surface area contributed by atoms with E-state index in [1.165, 1.54) is 98.7 Å². The molecule has 8 aromatic rings. The smallest absolute Gasteiger partial charge is 0.0920 e. The minimum Gasteiger partial charge on any atom is -0.184 e. The number of halogens is 2. The quantitative estimate of drug-likeness (QED) is 0.122. The van der Waals surface area contributed by atoms with Crippen LogP contribution in [-0.2, 0) is 31.7 Å². The number of hydrogen-bond donors (Lipinski definition) is 0. The van der Waals surface area contributed by atoms with Gasteiger partial charge in [-0.05, 0) is 58.8 Å². The monoisotopic (exact) mass is 945 g/mol. The number of rotatable bonds is 4. The molecule has 8 aromatic carbocycles. The Balaban J connectivity index is 0.000000155. The van der Waals surface area contributed by atoms with Gasteiger partial charge in [0.25, 0.3) is 0 Å². The fourth-order valence-corrected chi connectivity index (χ4v) is 9.85. The summed E-state index contributed by atoms with van der Waals surface area (Å²) in [5.41, 5.74) is 17.0. The molecule has 0 nitrogen and oxygen atoms in total. The fourth-order valence-electron chi connectivity index (χ4n) is 8.54. The van der Waals surface area contributed by atoms with Gasteiger partial charge in [0.2, 0.25) is 0 Å². The molecule has 0 saturated heterocycles. The third kappa shape index (κ3) is 10.8. The molecule has 1 heterocycles. The van der Waals surface area contributed by atoms with Crippen molar-refractivity contribution in [1.29, 1.82) is 0 Å². The maximum absolute atomic E-state index is 4.93. The summed E-state index contributed by atoms with van der Waals surface area (Å²) in [5.74, 6) is 1.12. The minimum absolute atomic E-state index is 0.126. The molecule has 0 aromatic heterocycles. The van der Waals surface area contributed by atoms with E-state index in [-0.39, 0.29) is 10.8 Å². The Hall–Kier alpha value is -3.78. The van der Waals surface area contributed by atoms with Gasteiger partial charge >= 0.3 is 37.9 Å². The normalized spacial score (nSPS) is 11.9. The summed E-state index contributed by atoms with van der Waals surface area (Å²) in [6, 6.07) is 54.4. The topological polar surface area (TPSA) is 0 Å². The Kier molecular flexibility index (Phi) is 15.7. The zero-order valence-electron chi connectivity index (χ0n) is 38.7. The third-order valence-electron chi connectivity index (χ3n) is 11.9. The molecule has 0 spiro atoms. The van der Waals surface area contributed by atoms with Gasteiger partial charge in [-0.15, -0.1) is 74.6 Å². The Labute approximate surface area is 394 Å². The summed E-state index contributed by atoms with van der Waals surface area (Å²) in [6.45, 7) is 27.4. The molecule has 0 N–H and O–H groups in total. The Bertz CT molecular complexity index is 2580. The number of aryl methyl sites for hydroxylation is 2. The molecule has 0 bridgehead atoms. The van der Waals surface area contributed by atoms with E-state index in [1.54, 1.807) is 0 Å². The number of hydrogen-bond acceptors (Lipinski definition) is 0. The number of benzene rings is 6. The van der Waals surface area contributed by atoms with Gasteiger partial charge in [0.05, 0.1) is 9.52 Å². The van der Waals surface area contributed by atoms with Crippen LogP contribution in [0.2, 0.25) is 0 Å². The molecule has 4 heteroatoms. The first kappa shape index (κ1) is 47.7. The standard InChI is InChI=1S/2C23H27.C12H7Si.2ClH.Zr/c2*1-15(2)18-13-17-11-12-21(23(4,5)6)22(20(17)14-18)19-10-8-7-9-16(19)3;1-3-7-11-9(5-1)10-6-2-4-8-12(10)13-11;;;/h2*7-15H,1-6H3;1-7H;2*1H;/q3*-1;;;+2/p-2. The first-order valence-corrected chi connectivity index (χ1v) is 29.2. The van der Waals surface area contributed by atoms with Gasteiger partial charge in [0, 0.05) is 0 Å². The molecule has 2 radical (unpaired) electrons. The minimum atomic E-state index is -0.826.